The minimum Gasteiger partial charge on any atom is -0.478 e. The molecule has 33 heavy (non-hydrogen) atoms. The molecule has 0 aromatic rings. The third-order valence-corrected chi connectivity index (χ3v) is 2.26. The van der Waals surface area contributed by atoms with Crippen LogP contribution < -0.4 is 0 Å². The van der Waals surface area contributed by atoms with Crippen LogP contribution in [0.15, 0.2) is 50.6 Å². The van der Waals surface area contributed by atoms with Crippen LogP contribution in [0, 0.1) is 5.41 Å². The Bertz CT molecular complexity index is 447. The van der Waals surface area contributed by atoms with Crippen molar-refractivity contribution in [2.24, 2.45) is 5.41 Å². The van der Waals surface area contributed by atoms with Gasteiger partial charge < -0.3 is 46.0 Å². The van der Waals surface area contributed by atoms with E-state index in [1.54, 1.807) is 0 Å². The summed E-state index contributed by atoms with van der Waals surface area (Å²) in [6, 6.07) is 0. The van der Waals surface area contributed by atoms with E-state index in [0.29, 0.717) is 6.61 Å². The fraction of sp³-hybridized carbons (Fsp3) is 0.400. The van der Waals surface area contributed by atoms with Crippen molar-refractivity contribution in [3.8, 4) is 0 Å². The highest BCUT2D eigenvalue weighted by molar-refractivity contribution is 5.79. The van der Waals surface area contributed by atoms with E-state index < -0.39 is 55.7 Å². The molecule has 0 radical (unpaired) electrons. The highest BCUT2D eigenvalue weighted by Gasteiger charge is 2.26. The van der Waals surface area contributed by atoms with Gasteiger partial charge in [0, 0.05) is 30.9 Å². The summed E-state index contributed by atoms with van der Waals surface area (Å²) < 4.78 is 0. The molecular formula is C20H36O13. The minimum atomic E-state index is -1.11. The quantitative estimate of drug-likeness (QED) is 0.185. The molecule has 0 aliphatic rings. The van der Waals surface area contributed by atoms with Gasteiger partial charge in [-0.1, -0.05) is 33.2 Å². The molecule has 0 amide bonds. The number of hydrogen-bond acceptors (Lipinski definition) is 9. The average Bonchev–Trinajstić information content (AvgIpc) is 2.82. The largest absolute Gasteiger partial charge is 0.478 e. The number of hydrogen-bond donors (Lipinski definition) is 9. The molecule has 0 bridgehead atoms. The number of aliphatic carboxylic acids is 4. The van der Waals surface area contributed by atoms with Gasteiger partial charge >= 0.3 is 23.9 Å². The summed E-state index contributed by atoms with van der Waals surface area (Å²) in [5, 5.41) is 72.3. The van der Waals surface area contributed by atoms with E-state index in [4.69, 9.17) is 46.0 Å². The SMILES string of the molecule is C=CC(=O)O.C=CC(=O)O.C=CC(=O)O.C=CC(=O)O.CCCO.OCC(CO)(CO)CO. The maximum atomic E-state index is 9.25. The molecular weight excluding hydrogens is 448 g/mol. The summed E-state index contributed by atoms with van der Waals surface area (Å²) in [5.74, 6) is -3.93. The Morgan fingerprint density at radius 3 is 0.697 bits per heavy atom. The molecule has 0 fully saturated rings. The molecule has 0 saturated carbocycles. The van der Waals surface area contributed by atoms with E-state index in [9.17, 15) is 19.2 Å². The molecule has 13 nitrogen and oxygen atoms in total. The zero-order valence-electron chi connectivity index (χ0n) is 18.5. The van der Waals surface area contributed by atoms with Crippen LogP contribution in [0.4, 0.5) is 0 Å². The molecule has 0 saturated heterocycles. The first-order chi connectivity index (χ1) is 15.2. The Balaban J connectivity index is -0.0000000681. The van der Waals surface area contributed by atoms with Gasteiger partial charge in [-0.2, -0.15) is 0 Å². The second kappa shape index (κ2) is 36.0. The Morgan fingerprint density at radius 2 is 0.697 bits per heavy atom. The van der Waals surface area contributed by atoms with E-state index in [-0.39, 0.29) is 0 Å². The van der Waals surface area contributed by atoms with Crippen LogP contribution in [0.2, 0.25) is 0 Å². The standard InChI is InChI=1S/C5H12O4.4C3H4O2.C3H8O/c6-1-5(2-7,3-8)4-9;4*1-2-3(4)5;1-2-3-4/h6-9H,1-4H2;4*2H,1H2,(H,4,5);4H,2-3H2,1H3. The van der Waals surface area contributed by atoms with Gasteiger partial charge in [-0.05, 0) is 6.42 Å². The molecule has 0 unspecified atom stereocenters. The van der Waals surface area contributed by atoms with E-state index >= 15 is 0 Å². The lowest BCUT2D eigenvalue weighted by Crippen LogP contribution is -2.37. The van der Waals surface area contributed by atoms with Gasteiger partial charge in [0.25, 0.3) is 0 Å². The first-order valence-electron chi connectivity index (χ1n) is 8.70. The van der Waals surface area contributed by atoms with Crippen LogP contribution in [0.1, 0.15) is 13.3 Å². The maximum absolute atomic E-state index is 9.25. The van der Waals surface area contributed by atoms with Crippen LogP contribution in [0.5, 0.6) is 0 Å². The number of carboxylic acid groups (broad SMARTS) is 4. The van der Waals surface area contributed by atoms with E-state index in [1.165, 1.54) is 0 Å². The molecule has 0 aromatic heterocycles. The third kappa shape index (κ3) is 65.3. The number of carbonyl (C=O) groups is 4. The van der Waals surface area contributed by atoms with Crippen molar-refractivity contribution in [1.82, 2.24) is 0 Å². The van der Waals surface area contributed by atoms with Crippen molar-refractivity contribution in [3.63, 3.8) is 0 Å². The predicted molar refractivity (Wildman–Crippen MR) is 119 cm³/mol. The summed E-state index contributed by atoms with van der Waals surface area (Å²) in [6.07, 6.45) is 4.21. The summed E-state index contributed by atoms with van der Waals surface area (Å²) in [7, 11) is 0. The van der Waals surface area contributed by atoms with Gasteiger partial charge in [0.2, 0.25) is 0 Å². The van der Waals surface area contributed by atoms with Crippen molar-refractivity contribution in [2.75, 3.05) is 33.0 Å². The minimum absolute atomic E-state index is 0.319. The molecule has 0 aromatic carbocycles. The summed E-state index contributed by atoms with van der Waals surface area (Å²) >= 11 is 0. The van der Waals surface area contributed by atoms with Crippen molar-refractivity contribution in [2.45, 2.75) is 13.3 Å². The predicted octanol–water partition coefficient (Wildman–Crippen LogP) is -0.641. The normalized spacial score (nSPS) is 8.06. The van der Waals surface area contributed by atoms with Gasteiger partial charge in [-0.3, -0.25) is 0 Å². The van der Waals surface area contributed by atoms with Crippen LogP contribution in [0.3, 0.4) is 0 Å². The van der Waals surface area contributed by atoms with Crippen molar-refractivity contribution in [1.29, 1.82) is 0 Å². The molecule has 13 heteroatoms. The monoisotopic (exact) mass is 484 g/mol. The highest BCUT2D eigenvalue weighted by Crippen LogP contribution is 2.11. The summed E-state index contributed by atoms with van der Waals surface area (Å²) in [6.45, 7) is 12.5. The van der Waals surface area contributed by atoms with Crippen molar-refractivity contribution in [3.05, 3.63) is 50.6 Å². The molecule has 0 rings (SSSR count). The lowest BCUT2D eigenvalue weighted by atomic mass is 9.93. The van der Waals surface area contributed by atoms with E-state index in [1.807, 2.05) is 6.92 Å². The van der Waals surface area contributed by atoms with Crippen LogP contribution >= 0.6 is 0 Å². The third-order valence-electron chi connectivity index (χ3n) is 2.26. The van der Waals surface area contributed by atoms with Gasteiger partial charge in [0.15, 0.2) is 0 Å². The fourth-order valence-corrected chi connectivity index (χ4v) is 0.300. The smallest absolute Gasteiger partial charge is 0.327 e. The first kappa shape index (κ1) is 43.5. The maximum Gasteiger partial charge on any atom is 0.327 e. The van der Waals surface area contributed by atoms with E-state index in [2.05, 4.69) is 26.3 Å². The molecule has 0 atom stereocenters. The lowest BCUT2D eigenvalue weighted by molar-refractivity contribution is -0.132. The molecule has 194 valence electrons. The topological polar surface area (TPSA) is 250 Å². The Morgan fingerprint density at radius 1 is 0.576 bits per heavy atom. The zero-order chi connectivity index (χ0) is 27.9. The van der Waals surface area contributed by atoms with Crippen molar-refractivity contribution < 1.29 is 65.1 Å². The number of carboxylic acids is 4. The van der Waals surface area contributed by atoms with E-state index in [0.717, 1.165) is 30.7 Å². The fourth-order valence-electron chi connectivity index (χ4n) is 0.300. The second-order valence-electron chi connectivity index (χ2n) is 5.03. The second-order valence-corrected chi connectivity index (χ2v) is 5.03. The first-order valence-corrected chi connectivity index (χ1v) is 8.70. The van der Waals surface area contributed by atoms with Crippen LogP contribution in [-0.4, -0.2) is 103 Å². The Labute approximate surface area is 192 Å². The Kier molecular flexibility index (Phi) is 47.5. The number of rotatable bonds is 9. The average molecular weight is 484 g/mol. The Hall–Kier alpha value is -3.36. The molecule has 0 heterocycles. The van der Waals surface area contributed by atoms with Crippen LogP contribution in [-0.2, 0) is 19.2 Å². The molecule has 0 aliphatic heterocycles. The van der Waals surface area contributed by atoms with Gasteiger partial charge in [-0.25, -0.2) is 19.2 Å². The summed E-state index contributed by atoms with van der Waals surface area (Å²) in [4.78, 5) is 37.0. The van der Waals surface area contributed by atoms with Crippen molar-refractivity contribution >= 4 is 23.9 Å². The summed E-state index contributed by atoms with van der Waals surface area (Å²) in [5.41, 5.74) is -1.11. The zero-order valence-corrected chi connectivity index (χ0v) is 18.5. The molecule has 0 aliphatic carbocycles. The lowest BCUT2D eigenvalue weighted by Gasteiger charge is -2.23. The molecule has 0 spiro atoms. The van der Waals surface area contributed by atoms with Gasteiger partial charge in [-0.15, -0.1) is 0 Å². The van der Waals surface area contributed by atoms with Crippen LogP contribution in [0.25, 0.3) is 0 Å². The molecule has 9 N–H and O–H groups in total. The van der Waals surface area contributed by atoms with Gasteiger partial charge in [0.1, 0.15) is 0 Å². The highest BCUT2D eigenvalue weighted by atomic mass is 16.4. The van der Waals surface area contributed by atoms with Gasteiger partial charge in [0.05, 0.1) is 31.8 Å². The number of aliphatic hydroxyl groups excluding tert-OH is 5. The number of aliphatic hydroxyl groups is 5.